The van der Waals surface area contributed by atoms with Gasteiger partial charge in [0.2, 0.25) is 0 Å². The summed E-state index contributed by atoms with van der Waals surface area (Å²) in [5.41, 5.74) is 1.12. The quantitative estimate of drug-likeness (QED) is 0.743. The van der Waals surface area contributed by atoms with Crippen LogP contribution >= 0.6 is 35.0 Å². The van der Waals surface area contributed by atoms with E-state index in [-0.39, 0.29) is 6.04 Å². The van der Waals surface area contributed by atoms with Gasteiger partial charge in [-0.3, -0.25) is 0 Å². The summed E-state index contributed by atoms with van der Waals surface area (Å²) in [6.45, 7) is 5.13. The summed E-state index contributed by atoms with van der Waals surface area (Å²) < 4.78 is 0. The first-order valence-corrected chi connectivity index (χ1v) is 8.14. The maximum atomic E-state index is 6.38. The number of hydrogen-bond acceptors (Lipinski definition) is 2. The van der Waals surface area contributed by atoms with E-state index in [2.05, 4.69) is 31.3 Å². The molecule has 0 aliphatic carbocycles. The topological polar surface area (TPSA) is 12.0 Å². The van der Waals surface area contributed by atoms with Crippen molar-refractivity contribution in [3.8, 4) is 0 Å². The molecule has 20 heavy (non-hydrogen) atoms. The van der Waals surface area contributed by atoms with Crippen LogP contribution in [0.4, 0.5) is 0 Å². The Balaban J connectivity index is 2.19. The Morgan fingerprint density at radius 1 is 1.10 bits per heavy atom. The van der Waals surface area contributed by atoms with Crippen molar-refractivity contribution < 1.29 is 0 Å². The number of hydrogen-bond donors (Lipinski definition) is 1. The third kappa shape index (κ3) is 3.92. The normalized spacial score (nSPS) is 12.4. The third-order valence-electron chi connectivity index (χ3n) is 3.01. The Morgan fingerprint density at radius 2 is 1.85 bits per heavy atom. The lowest BCUT2D eigenvalue weighted by Gasteiger charge is -2.15. The highest BCUT2D eigenvalue weighted by atomic mass is 35.5. The van der Waals surface area contributed by atoms with Gasteiger partial charge in [0.1, 0.15) is 0 Å². The number of benzene rings is 2. The maximum absolute atomic E-state index is 6.38. The zero-order valence-corrected chi connectivity index (χ0v) is 13.8. The highest BCUT2D eigenvalue weighted by Gasteiger charge is 2.10. The number of nitrogens with one attached hydrogen (secondary N) is 1. The van der Waals surface area contributed by atoms with Gasteiger partial charge in [0.25, 0.3) is 0 Å². The van der Waals surface area contributed by atoms with Gasteiger partial charge in [-0.1, -0.05) is 60.1 Å². The molecule has 0 aliphatic heterocycles. The highest BCUT2D eigenvalue weighted by Crippen LogP contribution is 2.35. The lowest BCUT2D eigenvalue weighted by molar-refractivity contribution is 0.598. The van der Waals surface area contributed by atoms with Crippen LogP contribution in [0.2, 0.25) is 10.0 Å². The molecule has 4 heteroatoms. The molecule has 1 N–H and O–H groups in total. The van der Waals surface area contributed by atoms with Gasteiger partial charge in [0.05, 0.1) is 5.02 Å². The monoisotopic (exact) mass is 325 g/mol. The van der Waals surface area contributed by atoms with Gasteiger partial charge in [0.15, 0.2) is 0 Å². The predicted molar refractivity (Wildman–Crippen MR) is 89.1 cm³/mol. The van der Waals surface area contributed by atoms with Gasteiger partial charge in [-0.05, 0) is 43.3 Å². The average molecular weight is 326 g/mol. The van der Waals surface area contributed by atoms with Crippen molar-refractivity contribution >= 4 is 35.0 Å². The van der Waals surface area contributed by atoms with E-state index in [9.17, 15) is 0 Å². The molecule has 0 aromatic heterocycles. The summed E-state index contributed by atoms with van der Waals surface area (Å²) in [5.74, 6) is 0. The summed E-state index contributed by atoms with van der Waals surface area (Å²) in [6, 6.07) is 14.2. The second-order valence-electron chi connectivity index (χ2n) is 4.50. The van der Waals surface area contributed by atoms with E-state index in [4.69, 9.17) is 23.2 Å². The van der Waals surface area contributed by atoms with Gasteiger partial charge < -0.3 is 5.32 Å². The van der Waals surface area contributed by atoms with Gasteiger partial charge in [-0.15, -0.1) is 0 Å². The summed E-state index contributed by atoms with van der Waals surface area (Å²) in [4.78, 5) is 2.13. The van der Waals surface area contributed by atoms with Crippen molar-refractivity contribution in [2.24, 2.45) is 0 Å². The van der Waals surface area contributed by atoms with Crippen LogP contribution in [0.3, 0.4) is 0 Å². The molecule has 0 radical (unpaired) electrons. The number of halogens is 2. The fourth-order valence-electron chi connectivity index (χ4n) is 1.99. The molecule has 0 saturated heterocycles. The van der Waals surface area contributed by atoms with Crippen LogP contribution in [0.1, 0.15) is 25.5 Å². The van der Waals surface area contributed by atoms with Crippen molar-refractivity contribution in [2.45, 2.75) is 29.7 Å². The molecule has 0 heterocycles. The van der Waals surface area contributed by atoms with E-state index in [1.165, 1.54) is 0 Å². The van der Waals surface area contributed by atoms with Crippen molar-refractivity contribution in [1.29, 1.82) is 0 Å². The Kier molecular flexibility index (Phi) is 5.79. The van der Waals surface area contributed by atoms with Crippen molar-refractivity contribution in [3.63, 3.8) is 0 Å². The van der Waals surface area contributed by atoms with Gasteiger partial charge >= 0.3 is 0 Å². The van der Waals surface area contributed by atoms with E-state index >= 15 is 0 Å². The number of rotatable bonds is 5. The Labute approximate surface area is 134 Å². The molecule has 0 spiro atoms. The third-order valence-corrected chi connectivity index (χ3v) is 4.85. The minimum Gasteiger partial charge on any atom is -0.310 e. The Hall–Kier alpha value is -0.670. The second kappa shape index (κ2) is 7.37. The lowest BCUT2D eigenvalue weighted by atomic mass is 10.1. The van der Waals surface area contributed by atoms with E-state index in [1.807, 2.05) is 30.3 Å². The molecule has 2 aromatic rings. The van der Waals surface area contributed by atoms with Crippen molar-refractivity contribution in [1.82, 2.24) is 5.32 Å². The van der Waals surface area contributed by atoms with Crippen LogP contribution in [-0.4, -0.2) is 6.54 Å². The van der Waals surface area contributed by atoms with Gasteiger partial charge in [-0.25, -0.2) is 0 Å². The minimum absolute atomic E-state index is 0.256. The first kappa shape index (κ1) is 15.7. The molecule has 0 fully saturated rings. The van der Waals surface area contributed by atoms with Crippen molar-refractivity contribution in [3.05, 3.63) is 58.1 Å². The van der Waals surface area contributed by atoms with Gasteiger partial charge in [-0.2, -0.15) is 0 Å². The molecule has 0 amide bonds. The van der Waals surface area contributed by atoms with E-state index in [0.29, 0.717) is 0 Å². The summed E-state index contributed by atoms with van der Waals surface area (Å²) in [6.07, 6.45) is 0. The average Bonchev–Trinajstić information content (AvgIpc) is 2.42. The zero-order chi connectivity index (χ0) is 14.5. The lowest BCUT2D eigenvalue weighted by Crippen LogP contribution is -2.17. The van der Waals surface area contributed by atoms with Gasteiger partial charge in [0, 0.05) is 20.9 Å². The van der Waals surface area contributed by atoms with E-state index in [0.717, 1.165) is 31.9 Å². The molecule has 2 aromatic carbocycles. The van der Waals surface area contributed by atoms with Crippen molar-refractivity contribution in [2.75, 3.05) is 6.54 Å². The fourth-order valence-corrected chi connectivity index (χ4v) is 3.53. The summed E-state index contributed by atoms with van der Waals surface area (Å²) in [7, 11) is 0. The standard InChI is InChI=1S/C16H17Cl2NS/c1-3-19-11(2)13-9-8-12(10-15(13)18)20-16-7-5-4-6-14(16)17/h4-11,19H,3H2,1-2H3. The van der Waals surface area contributed by atoms with Crippen LogP contribution in [0.25, 0.3) is 0 Å². The zero-order valence-electron chi connectivity index (χ0n) is 11.5. The predicted octanol–water partition coefficient (Wildman–Crippen LogP) is 5.82. The molecule has 0 bridgehead atoms. The van der Waals surface area contributed by atoms with E-state index in [1.54, 1.807) is 11.8 Å². The van der Waals surface area contributed by atoms with Crippen LogP contribution in [0, 0.1) is 0 Å². The van der Waals surface area contributed by atoms with Crippen LogP contribution in [0.5, 0.6) is 0 Å². The minimum atomic E-state index is 0.256. The van der Waals surface area contributed by atoms with E-state index < -0.39 is 0 Å². The Morgan fingerprint density at radius 3 is 2.50 bits per heavy atom. The smallest absolute Gasteiger partial charge is 0.0545 e. The molecule has 2 rings (SSSR count). The molecule has 0 aliphatic rings. The first-order chi connectivity index (χ1) is 9.61. The maximum Gasteiger partial charge on any atom is 0.0545 e. The van der Waals surface area contributed by atoms with Crippen LogP contribution < -0.4 is 5.32 Å². The first-order valence-electron chi connectivity index (χ1n) is 6.57. The van der Waals surface area contributed by atoms with Crippen LogP contribution in [0.15, 0.2) is 52.3 Å². The molecular formula is C16H17Cl2NS. The summed E-state index contributed by atoms with van der Waals surface area (Å²) >= 11 is 14.2. The molecular weight excluding hydrogens is 309 g/mol. The molecule has 1 nitrogen and oxygen atoms in total. The molecule has 1 unspecified atom stereocenters. The fraction of sp³-hybridized carbons (Fsp3) is 0.250. The highest BCUT2D eigenvalue weighted by molar-refractivity contribution is 7.99. The Bertz CT molecular complexity index is 586. The molecule has 0 saturated carbocycles. The molecule has 1 atom stereocenters. The second-order valence-corrected chi connectivity index (χ2v) is 6.42. The summed E-state index contributed by atoms with van der Waals surface area (Å²) in [5, 5.41) is 4.92. The SMILES string of the molecule is CCNC(C)c1ccc(Sc2ccccc2Cl)cc1Cl. The molecule has 106 valence electrons. The van der Waals surface area contributed by atoms with Crippen LogP contribution in [-0.2, 0) is 0 Å². The largest absolute Gasteiger partial charge is 0.310 e.